The minimum absolute atomic E-state index is 0.188. The van der Waals surface area contributed by atoms with Crippen LogP contribution in [0, 0.1) is 0 Å². The van der Waals surface area contributed by atoms with Crippen molar-refractivity contribution in [3.05, 3.63) is 35.9 Å². The van der Waals surface area contributed by atoms with E-state index in [1.54, 1.807) is 13.8 Å². The second-order valence-electron chi connectivity index (χ2n) is 5.81. The van der Waals surface area contributed by atoms with Crippen LogP contribution in [-0.4, -0.2) is 47.4 Å². The van der Waals surface area contributed by atoms with E-state index >= 15 is 0 Å². The number of nitrogens with one attached hydrogen (secondary N) is 1. The number of likely N-dealkylation sites (tertiary alicyclic amines) is 1. The molecule has 1 heterocycles. The summed E-state index contributed by atoms with van der Waals surface area (Å²) >= 11 is 0. The fourth-order valence-electron chi connectivity index (χ4n) is 2.46. The van der Waals surface area contributed by atoms with E-state index in [-0.39, 0.29) is 13.2 Å². The highest BCUT2D eigenvalue weighted by Crippen LogP contribution is 2.31. The first kappa shape index (κ1) is 15.8. The van der Waals surface area contributed by atoms with Crippen LogP contribution in [0.2, 0.25) is 0 Å². The number of β-amino-alcohol motifs (C(OH)–C–C–N with tert-alkyl or cyclic N) is 1. The quantitative estimate of drug-likeness (QED) is 0.819. The molecule has 1 aromatic carbocycles. The Morgan fingerprint density at radius 3 is 2.62 bits per heavy atom. The molecule has 2 N–H and O–H groups in total. The third kappa shape index (κ3) is 3.34. The van der Waals surface area contributed by atoms with Gasteiger partial charge in [-0.15, -0.1) is 0 Å². The van der Waals surface area contributed by atoms with Crippen molar-refractivity contribution in [1.29, 1.82) is 0 Å². The smallest absolute Gasteiger partial charge is 0.410 e. The van der Waals surface area contributed by atoms with E-state index < -0.39 is 17.2 Å². The summed E-state index contributed by atoms with van der Waals surface area (Å²) in [7, 11) is 1.48. The molecule has 116 valence electrons. The number of hydroxylamine groups is 1. The fraction of sp³-hybridized carbons (Fsp3) is 0.533. The highest BCUT2D eigenvalue weighted by Gasteiger charge is 2.53. The van der Waals surface area contributed by atoms with Crippen LogP contribution in [0.5, 0.6) is 0 Å². The van der Waals surface area contributed by atoms with Crippen molar-refractivity contribution in [2.45, 2.75) is 31.6 Å². The second kappa shape index (κ2) is 6.01. The van der Waals surface area contributed by atoms with Crippen LogP contribution in [0.4, 0.5) is 4.79 Å². The van der Waals surface area contributed by atoms with Crippen LogP contribution < -0.4 is 5.48 Å². The van der Waals surface area contributed by atoms with Crippen molar-refractivity contribution >= 4 is 6.09 Å². The van der Waals surface area contributed by atoms with E-state index in [2.05, 4.69) is 5.48 Å². The average Bonchev–Trinajstić information content (AvgIpc) is 2.68. The Kier molecular flexibility index (Phi) is 4.51. The summed E-state index contributed by atoms with van der Waals surface area (Å²) in [4.78, 5) is 18.5. The van der Waals surface area contributed by atoms with Gasteiger partial charge in [-0.1, -0.05) is 30.3 Å². The first-order valence-corrected chi connectivity index (χ1v) is 6.86. The van der Waals surface area contributed by atoms with Gasteiger partial charge in [-0.3, -0.25) is 0 Å². The molecule has 1 amide bonds. The molecule has 2 rings (SSSR count). The van der Waals surface area contributed by atoms with Crippen molar-refractivity contribution in [2.24, 2.45) is 0 Å². The van der Waals surface area contributed by atoms with Gasteiger partial charge < -0.3 is 19.6 Å². The summed E-state index contributed by atoms with van der Waals surface area (Å²) in [6.07, 6.45) is -0.444. The lowest BCUT2D eigenvalue weighted by Crippen LogP contribution is -2.58. The average molecular weight is 294 g/mol. The highest BCUT2D eigenvalue weighted by atomic mass is 16.6. The lowest BCUT2D eigenvalue weighted by molar-refractivity contribution is -0.0708. The molecule has 1 aromatic rings. The molecule has 0 bridgehead atoms. The Morgan fingerprint density at radius 1 is 1.33 bits per heavy atom. The Balaban J connectivity index is 1.95. The molecule has 0 spiro atoms. The zero-order chi connectivity index (χ0) is 15.5. The second-order valence-corrected chi connectivity index (χ2v) is 5.81. The van der Waals surface area contributed by atoms with Crippen molar-refractivity contribution in [2.75, 3.05) is 20.2 Å². The van der Waals surface area contributed by atoms with Crippen LogP contribution in [-0.2, 0) is 16.2 Å². The molecule has 2 atom stereocenters. The minimum atomic E-state index is -1.10. The molecule has 0 radical (unpaired) electrons. The molecule has 1 saturated heterocycles. The van der Waals surface area contributed by atoms with Gasteiger partial charge in [0, 0.05) is 6.54 Å². The number of ether oxygens (including phenoxy) is 1. The highest BCUT2D eigenvalue weighted by molar-refractivity contribution is 5.68. The number of aliphatic hydroxyl groups is 1. The van der Waals surface area contributed by atoms with Crippen LogP contribution in [0.1, 0.15) is 19.4 Å². The Morgan fingerprint density at radius 2 is 2.00 bits per heavy atom. The van der Waals surface area contributed by atoms with E-state index in [9.17, 15) is 9.90 Å². The van der Waals surface area contributed by atoms with Gasteiger partial charge >= 0.3 is 6.09 Å². The van der Waals surface area contributed by atoms with E-state index in [0.29, 0.717) is 6.54 Å². The zero-order valence-electron chi connectivity index (χ0n) is 12.6. The SMILES string of the molecule is CON[C@@]1(C)CN(C(=O)OCc2ccccc2)C[C@]1(C)O. The van der Waals surface area contributed by atoms with Crippen molar-refractivity contribution in [3.8, 4) is 0 Å². The van der Waals surface area contributed by atoms with Crippen LogP contribution in [0.3, 0.4) is 0 Å². The number of hydrogen-bond acceptors (Lipinski definition) is 5. The van der Waals surface area contributed by atoms with Crippen LogP contribution in [0.25, 0.3) is 0 Å². The summed E-state index contributed by atoms with van der Waals surface area (Å²) in [6, 6.07) is 9.48. The van der Waals surface area contributed by atoms with Crippen molar-refractivity contribution in [3.63, 3.8) is 0 Å². The fourth-order valence-corrected chi connectivity index (χ4v) is 2.46. The topological polar surface area (TPSA) is 71.0 Å². The molecule has 21 heavy (non-hydrogen) atoms. The molecule has 1 aliphatic rings. The number of benzene rings is 1. The number of nitrogens with zero attached hydrogens (tertiary/aromatic N) is 1. The molecular formula is C15H22N2O4. The molecule has 0 unspecified atom stereocenters. The third-order valence-electron chi connectivity index (χ3n) is 3.99. The maximum absolute atomic E-state index is 12.1. The van der Waals surface area contributed by atoms with Gasteiger partial charge in [0.2, 0.25) is 0 Å². The van der Waals surface area contributed by atoms with Gasteiger partial charge in [0.25, 0.3) is 0 Å². The summed E-state index contributed by atoms with van der Waals surface area (Å²) < 4.78 is 5.28. The van der Waals surface area contributed by atoms with Crippen molar-refractivity contribution in [1.82, 2.24) is 10.4 Å². The Labute approximate surface area is 124 Å². The first-order chi connectivity index (χ1) is 9.88. The number of hydrogen-bond donors (Lipinski definition) is 2. The summed E-state index contributed by atoms with van der Waals surface area (Å²) in [5, 5.41) is 10.5. The van der Waals surface area contributed by atoms with Gasteiger partial charge in [0.15, 0.2) is 0 Å². The minimum Gasteiger partial charge on any atom is -0.445 e. The summed E-state index contributed by atoms with van der Waals surface area (Å²) in [5.41, 5.74) is 1.85. The lowest BCUT2D eigenvalue weighted by Gasteiger charge is -2.34. The van der Waals surface area contributed by atoms with Gasteiger partial charge in [0.1, 0.15) is 12.2 Å². The van der Waals surface area contributed by atoms with Crippen molar-refractivity contribution < 1.29 is 19.5 Å². The lowest BCUT2D eigenvalue weighted by atomic mass is 9.87. The van der Waals surface area contributed by atoms with Gasteiger partial charge in [-0.05, 0) is 19.4 Å². The number of rotatable bonds is 4. The van der Waals surface area contributed by atoms with Gasteiger partial charge in [0.05, 0.1) is 19.2 Å². The Bertz CT molecular complexity index is 492. The zero-order valence-corrected chi connectivity index (χ0v) is 12.6. The van der Waals surface area contributed by atoms with Gasteiger partial charge in [-0.25, -0.2) is 4.79 Å². The summed E-state index contributed by atoms with van der Waals surface area (Å²) in [6.45, 7) is 4.19. The summed E-state index contributed by atoms with van der Waals surface area (Å²) in [5.74, 6) is 0. The molecule has 0 aromatic heterocycles. The molecule has 6 nitrogen and oxygen atoms in total. The standard InChI is InChI=1S/C15H22N2O4/c1-14(16-20-3)10-17(11-15(14,2)19)13(18)21-9-12-7-5-4-6-8-12/h4-8,16,19H,9-11H2,1-3H3/t14-,15-/m0/s1. The molecule has 0 saturated carbocycles. The monoisotopic (exact) mass is 294 g/mol. The van der Waals surface area contributed by atoms with E-state index in [4.69, 9.17) is 9.57 Å². The van der Waals surface area contributed by atoms with E-state index in [1.807, 2.05) is 30.3 Å². The predicted octanol–water partition coefficient (Wildman–Crippen LogP) is 1.30. The largest absolute Gasteiger partial charge is 0.445 e. The third-order valence-corrected chi connectivity index (χ3v) is 3.99. The van der Waals surface area contributed by atoms with Gasteiger partial charge in [-0.2, -0.15) is 5.48 Å². The maximum atomic E-state index is 12.1. The van der Waals surface area contributed by atoms with E-state index in [0.717, 1.165) is 5.56 Å². The van der Waals surface area contributed by atoms with E-state index in [1.165, 1.54) is 12.0 Å². The van der Waals surface area contributed by atoms with Crippen LogP contribution in [0.15, 0.2) is 30.3 Å². The first-order valence-electron chi connectivity index (χ1n) is 6.86. The molecule has 0 aliphatic carbocycles. The number of carbonyl (C=O) groups is 1. The molecular weight excluding hydrogens is 272 g/mol. The predicted molar refractivity (Wildman–Crippen MR) is 77.4 cm³/mol. The Hall–Kier alpha value is -1.63. The molecule has 6 heteroatoms. The number of carbonyl (C=O) groups excluding carboxylic acids is 1. The molecule has 1 aliphatic heterocycles. The normalized spacial score (nSPS) is 28.7. The molecule has 1 fully saturated rings. The maximum Gasteiger partial charge on any atom is 0.410 e. The van der Waals surface area contributed by atoms with Crippen LogP contribution >= 0.6 is 0 Å². The number of amides is 1.